The molecule has 1 aromatic rings. The van der Waals surface area contributed by atoms with Gasteiger partial charge in [-0.25, -0.2) is 0 Å². The molecule has 0 radical (unpaired) electrons. The van der Waals surface area contributed by atoms with Crippen LogP contribution in [0.15, 0.2) is 30.9 Å². The number of hydrogen-bond donors (Lipinski definition) is 0. The Morgan fingerprint density at radius 1 is 1.27 bits per heavy atom. The van der Waals surface area contributed by atoms with Crippen molar-refractivity contribution in [3.63, 3.8) is 0 Å². The molecule has 1 rings (SSSR count). The summed E-state index contributed by atoms with van der Waals surface area (Å²) in [5, 5.41) is 0. The van der Waals surface area contributed by atoms with Gasteiger partial charge in [0.05, 0.1) is 0 Å². The molecule has 0 heteroatoms. The minimum absolute atomic E-state index is 0.973. The van der Waals surface area contributed by atoms with Crippen LogP contribution in [0.1, 0.15) is 16.7 Å². The summed E-state index contributed by atoms with van der Waals surface area (Å²) in [6.45, 7) is 7.98. The smallest absolute Gasteiger partial charge is 0.0100 e. The maximum Gasteiger partial charge on any atom is -0.0100 e. The molecular formula is C11H14. The lowest BCUT2D eigenvalue weighted by Gasteiger charge is -2.01. The fourth-order valence-corrected chi connectivity index (χ4v) is 1.10. The quantitative estimate of drug-likeness (QED) is 0.562. The maximum absolute atomic E-state index is 3.71. The number of aryl methyl sites for hydroxylation is 2. The third-order valence-corrected chi connectivity index (χ3v) is 1.95. The van der Waals surface area contributed by atoms with E-state index in [1.807, 2.05) is 6.08 Å². The molecule has 0 nitrogen and oxygen atoms in total. The standard InChI is InChI=1S/C11H14/c1-4-5-11-7-6-9(2)10(3)8-11/h4,6-8H,1,5H2,2-3H3. The van der Waals surface area contributed by atoms with Crippen molar-refractivity contribution in [3.05, 3.63) is 47.5 Å². The molecule has 11 heavy (non-hydrogen) atoms. The van der Waals surface area contributed by atoms with Gasteiger partial charge in [0.25, 0.3) is 0 Å². The predicted octanol–water partition coefficient (Wildman–Crippen LogP) is 3.03. The Labute approximate surface area is 68.6 Å². The Hall–Kier alpha value is -1.04. The normalized spacial score (nSPS) is 9.64. The average molecular weight is 146 g/mol. The molecule has 0 N–H and O–H groups in total. The van der Waals surface area contributed by atoms with Gasteiger partial charge >= 0.3 is 0 Å². The highest BCUT2D eigenvalue weighted by Crippen LogP contribution is 2.10. The van der Waals surface area contributed by atoms with Gasteiger partial charge < -0.3 is 0 Å². The van der Waals surface area contributed by atoms with E-state index in [0.717, 1.165) is 6.42 Å². The summed E-state index contributed by atoms with van der Waals surface area (Å²) in [6, 6.07) is 6.54. The van der Waals surface area contributed by atoms with E-state index in [4.69, 9.17) is 0 Å². The van der Waals surface area contributed by atoms with Gasteiger partial charge in [0, 0.05) is 0 Å². The zero-order valence-electron chi connectivity index (χ0n) is 7.22. The Balaban J connectivity index is 2.95. The Kier molecular flexibility index (Phi) is 2.48. The first-order chi connectivity index (χ1) is 5.24. The van der Waals surface area contributed by atoms with Crippen molar-refractivity contribution in [2.75, 3.05) is 0 Å². The molecule has 0 aliphatic heterocycles. The van der Waals surface area contributed by atoms with E-state index in [1.54, 1.807) is 0 Å². The second-order valence-electron chi connectivity index (χ2n) is 2.91. The topological polar surface area (TPSA) is 0 Å². The first kappa shape index (κ1) is 8.06. The van der Waals surface area contributed by atoms with Crippen molar-refractivity contribution < 1.29 is 0 Å². The van der Waals surface area contributed by atoms with Gasteiger partial charge in [-0.3, -0.25) is 0 Å². The summed E-state index contributed by atoms with van der Waals surface area (Å²) in [5.74, 6) is 0. The Bertz CT molecular complexity index is 259. The van der Waals surface area contributed by atoms with Crippen molar-refractivity contribution in [3.8, 4) is 0 Å². The number of allylic oxidation sites excluding steroid dienone is 1. The van der Waals surface area contributed by atoms with Crippen molar-refractivity contribution in [2.24, 2.45) is 0 Å². The molecule has 0 unspecified atom stereocenters. The summed E-state index contributed by atoms with van der Waals surface area (Å²) in [4.78, 5) is 0. The second kappa shape index (κ2) is 3.38. The molecule has 0 saturated heterocycles. The van der Waals surface area contributed by atoms with E-state index < -0.39 is 0 Å². The second-order valence-corrected chi connectivity index (χ2v) is 2.91. The van der Waals surface area contributed by atoms with Crippen molar-refractivity contribution in [1.82, 2.24) is 0 Å². The zero-order valence-corrected chi connectivity index (χ0v) is 7.22. The van der Waals surface area contributed by atoms with Crippen molar-refractivity contribution >= 4 is 0 Å². The summed E-state index contributed by atoms with van der Waals surface area (Å²) in [7, 11) is 0. The van der Waals surface area contributed by atoms with Gasteiger partial charge in [0.1, 0.15) is 0 Å². The van der Waals surface area contributed by atoms with Crippen molar-refractivity contribution in [2.45, 2.75) is 20.3 Å². The van der Waals surface area contributed by atoms with E-state index in [1.165, 1.54) is 16.7 Å². The summed E-state index contributed by atoms with van der Waals surface area (Å²) >= 11 is 0. The largest absolute Gasteiger partial charge is 0.103 e. The lowest BCUT2D eigenvalue weighted by atomic mass is 10.0. The molecule has 0 saturated carbocycles. The number of hydrogen-bond acceptors (Lipinski definition) is 0. The molecule has 1 aromatic carbocycles. The first-order valence-corrected chi connectivity index (χ1v) is 3.91. The molecule has 0 heterocycles. The molecular weight excluding hydrogens is 132 g/mol. The van der Waals surface area contributed by atoms with Crippen LogP contribution in [-0.2, 0) is 6.42 Å². The maximum atomic E-state index is 3.71. The minimum Gasteiger partial charge on any atom is -0.103 e. The fraction of sp³-hybridized carbons (Fsp3) is 0.273. The first-order valence-electron chi connectivity index (χ1n) is 3.91. The molecule has 0 aliphatic rings. The SMILES string of the molecule is C=CCc1ccc(C)c(C)c1. The molecule has 0 aromatic heterocycles. The van der Waals surface area contributed by atoms with Gasteiger partial charge in [-0.1, -0.05) is 24.3 Å². The van der Waals surface area contributed by atoms with E-state index in [0.29, 0.717) is 0 Å². The van der Waals surface area contributed by atoms with E-state index >= 15 is 0 Å². The number of rotatable bonds is 2. The van der Waals surface area contributed by atoms with E-state index in [-0.39, 0.29) is 0 Å². The minimum atomic E-state index is 0.973. The summed E-state index contributed by atoms with van der Waals surface area (Å²) < 4.78 is 0. The molecule has 0 fully saturated rings. The average Bonchev–Trinajstić information content (AvgIpc) is 1.98. The van der Waals surface area contributed by atoms with Crippen molar-refractivity contribution in [1.29, 1.82) is 0 Å². The van der Waals surface area contributed by atoms with Crippen LogP contribution in [0.2, 0.25) is 0 Å². The monoisotopic (exact) mass is 146 g/mol. The van der Waals surface area contributed by atoms with Gasteiger partial charge in [0.15, 0.2) is 0 Å². The van der Waals surface area contributed by atoms with Crippen LogP contribution in [0.4, 0.5) is 0 Å². The third kappa shape index (κ3) is 1.94. The van der Waals surface area contributed by atoms with Gasteiger partial charge in [-0.05, 0) is 37.0 Å². The summed E-state index contributed by atoms with van der Waals surface area (Å²) in [6.07, 6.45) is 2.91. The van der Waals surface area contributed by atoms with Gasteiger partial charge in [0.2, 0.25) is 0 Å². The predicted molar refractivity (Wildman–Crippen MR) is 49.8 cm³/mol. The fourth-order valence-electron chi connectivity index (χ4n) is 1.10. The molecule has 0 atom stereocenters. The van der Waals surface area contributed by atoms with Gasteiger partial charge in [-0.15, -0.1) is 6.58 Å². The van der Waals surface area contributed by atoms with Gasteiger partial charge in [-0.2, -0.15) is 0 Å². The number of benzene rings is 1. The van der Waals surface area contributed by atoms with Crippen LogP contribution < -0.4 is 0 Å². The molecule has 58 valence electrons. The molecule has 0 aliphatic carbocycles. The Morgan fingerprint density at radius 2 is 2.00 bits per heavy atom. The van der Waals surface area contributed by atoms with Crippen LogP contribution >= 0.6 is 0 Å². The van der Waals surface area contributed by atoms with E-state index in [9.17, 15) is 0 Å². The van der Waals surface area contributed by atoms with Crippen LogP contribution in [0.25, 0.3) is 0 Å². The lowest BCUT2D eigenvalue weighted by molar-refractivity contribution is 1.22. The van der Waals surface area contributed by atoms with Crippen LogP contribution in [0.5, 0.6) is 0 Å². The third-order valence-electron chi connectivity index (χ3n) is 1.95. The molecule has 0 bridgehead atoms. The summed E-state index contributed by atoms with van der Waals surface area (Å²) in [5.41, 5.74) is 4.07. The molecule has 0 amide bonds. The van der Waals surface area contributed by atoms with Crippen LogP contribution in [0.3, 0.4) is 0 Å². The highest BCUT2D eigenvalue weighted by molar-refractivity contribution is 5.30. The Morgan fingerprint density at radius 3 is 2.55 bits per heavy atom. The van der Waals surface area contributed by atoms with Crippen LogP contribution in [-0.4, -0.2) is 0 Å². The zero-order chi connectivity index (χ0) is 8.27. The van der Waals surface area contributed by atoms with Crippen LogP contribution in [0, 0.1) is 13.8 Å². The highest BCUT2D eigenvalue weighted by atomic mass is 14.0. The molecule has 0 spiro atoms. The highest BCUT2D eigenvalue weighted by Gasteiger charge is 1.92. The lowest BCUT2D eigenvalue weighted by Crippen LogP contribution is -1.85. The van der Waals surface area contributed by atoms with E-state index in [2.05, 4.69) is 38.6 Å².